The van der Waals surface area contributed by atoms with E-state index in [0.29, 0.717) is 11.8 Å². The van der Waals surface area contributed by atoms with Crippen molar-refractivity contribution in [1.29, 1.82) is 0 Å². The van der Waals surface area contributed by atoms with Gasteiger partial charge in [0, 0.05) is 30.2 Å². The van der Waals surface area contributed by atoms with Gasteiger partial charge < -0.3 is 4.90 Å². The van der Waals surface area contributed by atoms with Gasteiger partial charge in [-0.15, -0.1) is 6.58 Å². The van der Waals surface area contributed by atoms with Crippen molar-refractivity contribution in [2.75, 3.05) is 9.80 Å². The molecule has 1 aromatic carbocycles. The molecule has 5 nitrogen and oxygen atoms in total. The summed E-state index contributed by atoms with van der Waals surface area (Å²) in [5.74, 6) is 3.39. The maximum atomic E-state index is 4.70. The fraction of sp³-hybridized carbons (Fsp3) is 0.227. The Morgan fingerprint density at radius 1 is 0.926 bits per heavy atom. The molecule has 2 aromatic heterocycles. The molecule has 5 rings (SSSR count). The van der Waals surface area contributed by atoms with Crippen molar-refractivity contribution >= 4 is 23.1 Å². The highest BCUT2D eigenvalue weighted by atomic mass is 15.5. The summed E-state index contributed by atoms with van der Waals surface area (Å²) < 4.78 is 0. The fourth-order valence-corrected chi connectivity index (χ4v) is 4.53. The molecule has 0 bridgehead atoms. The monoisotopic (exact) mass is 355 g/mol. The van der Waals surface area contributed by atoms with E-state index in [0.717, 1.165) is 23.9 Å². The van der Waals surface area contributed by atoms with Gasteiger partial charge in [-0.05, 0) is 36.1 Å². The number of aromatic nitrogens is 3. The molecule has 0 saturated heterocycles. The molecule has 0 fully saturated rings. The second-order valence-corrected chi connectivity index (χ2v) is 7.09. The van der Waals surface area contributed by atoms with Crippen LogP contribution in [0.2, 0.25) is 0 Å². The lowest BCUT2D eigenvalue weighted by molar-refractivity contribution is 0.367. The Morgan fingerprint density at radius 2 is 1.67 bits per heavy atom. The topological polar surface area (TPSA) is 45.2 Å². The number of allylic oxidation sites excluding steroid dienone is 1. The summed E-state index contributed by atoms with van der Waals surface area (Å²) in [5.41, 5.74) is 2.55. The van der Waals surface area contributed by atoms with E-state index in [9.17, 15) is 0 Å². The van der Waals surface area contributed by atoms with Crippen molar-refractivity contribution in [3.05, 3.63) is 79.3 Å². The number of pyridine rings is 1. The fourth-order valence-electron chi connectivity index (χ4n) is 4.53. The summed E-state index contributed by atoms with van der Waals surface area (Å²) in [7, 11) is 0. The van der Waals surface area contributed by atoms with E-state index in [1.807, 2.05) is 30.5 Å². The van der Waals surface area contributed by atoms with Crippen molar-refractivity contribution in [1.82, 2.24) is 15.0 Å². The van der Waals surface area contributed by atoms with Gasteiger partial charge in [0.15, 0.2) is 11.6 Å². The van der Waals surface area contributed by atoms with Crippen molar-refractivity contribution in [3.8, 4) is 0 Å². The summed E-state index contributed by atoms with van der Waals surface area (Å²) in [6.45, 7) is 6.31. The van der Waals surface area contributed by atoms with Crippen LogP contribution in [-0.4, -0.2) is 21.1 Å². The van der Waals surface area contributed by atoms with E-state index in [-0.39, 0.29) is 6.17 Å². The van der Waals surface area contributed by atoms with Gasteiger partial charge in [0.25, 0.3) is 0 Å². The second kappa shape index (κ2) is 6.20. The molecule has 0 N–H and O–H groups in total. The first kappa shape index (κ1) is 16.0. The van der Waals surface area contributed by atoms with E-state index >= 15 is 0 Å². The maximum absolute atomic E-state index is 4.70. The number of benzene rings is 1. The standard InChI is InChI=1S/C22H21N5/c1-3-8-16-15(2)22-26(18-10-5-4-9-17(16)18)20-21(25-14-13-24-20)27(22)19-11-6-7-12-23-19/h3-7,9-16,22H,1,8H2,2H3. The van der Waals surface area contributed by atoms with Crippen LogP contribution in [-0.2, 0) is 0 Å². The molecule has 5 heteroatoms. The minimum absolute atomic E-state index is 0.0807. The molecule has 2 aliphatic heterocycles. The Balaban J connectivity index is 1.76. The second-order valence-electron chi connectivity index (χ2n) is 7.09. The highest BCUT2D eigenvalue weighted by molar-refractivity contribution is 5.84. The molecule has 0 radical (unpaired) electrons. The molecule has 3 unspecified atom stereocenters. The molecule has 3 atom stereocenters. The van der Waals surface area contributed by atoms with Gasteiger partial charge >= 0.3 is 0 Å². The minimum Gasteiger partial charge on any atom is -0.301 e. The average molecular weight is 355 g/mol. The molecule has 0 amide bonds. The van der Waals surface area contributed by atoms with E-state index in [4.69, 9.17) is 4.98 Å². The predicted octanol–water partition coefficient (Wildman–Crippen LogP) is 4.80. The quantitative estimate of drug-likeness (QED) is 0.632. The van der Waals surface area contributed by atoms with Crippen LogP contribution < -0.4 is 9.80 Å². The minimum atomic E-state index is 0.0807. The summed E-state index contributed by atoms with van der Waals surface area (Å²) in [4.78, 5) is 18.6. The van der Waals surface area contributed by atoms with Crippen molar-refractivity contribution in [2.24, 2.45) is 5.92 Å². The Kier molecular flexibility index (Phi) is 3.67. The number of hydrogen-bond donors (Lipinski definition) is 0. The van der Waals surface area contributed by atoms with Gasteiger partial charge in [-0.3, -0.25) is 4.90 Å². The molecule has 4 heterocycles. The zero-order valence-electron chi connectivity index (χ0n) is 15.2. The van der Waals surface area contributed by atoms with E-state index in [1.165, 1.54) is 11.3 Å². The molecule has 134 valence electrons. The Labute approximate surface area is 159 Å². The zero-order chi connectivity index (χ0) is 18.4. The first-order valence-electron chi connectivity index (χ1n) is 9.31. The molecule has 0 spiro atoms. The lowest BCUT2D eigenvalue weighted by Gasteiger charge is -2.44. The van der Waals surface area contributed by atoms with Crippen LogP contribution in [0, 0.1) is 5.92 Å². The normalized spacial score (nSPS) is 22.8. The largest absolute Gasteiger partial charge is 0.301 e. The number of fused-ring (bicyclic) bond motifs is 5. The summed E-state index contributed by atoms with van der Waals surface area (Å²) >= 11 is 0. The maximum Gasteiger partial charge on any atom is 0.179 e. The molecule has 0 saturated carbocycles. The molecular formula is C22H21N5. The first-order valence-corrected chi connectivity index (χ1v) is 9.31. The van der Waals surface area contributed by atoms with Crippen LogP contribution in [0.3, 0.4) is 0 Å². The third-order valence-corrected chi connectivity index (χ3v) is 5.66. The lowest BCUT2D eigenvalue weighted by atomic mass is 9.78. The van der Waals surface area contributed by atoms with Gasteiger partial charge in [0.1, 0.15) is 12.0 Å². The third-order valence-electron chi connectivity index (χ3n) is 5.66. The van der Waals surface area contributed by atoms with Crippen LogP contribution in [0.15, 0.2) is 73.7 Å². The lowest BCUT2D eigenvalue weighted by Crippen LogP contribution is -2.48. The SMILES string of the molecule is C=CCC1c2ccccc2N2c3nccnc3N(c3ccccn3)C2C1C. The van der Waals surface area contributed by atoms with Crippen molar-refractivity contribution < 1.29 is 0 Å². The van der Waals surface area contributed by atoms with Crippen LogP contribution in [0.1, 0.15) is 24.8 Å². The molecule has 27 heavy (non-hydrogen) atoms. The zero-order valence-corrected chi connectivity index (χ0v) is 15.2. The third kappa shape index (κ3) is 2.28. The van der Waals surface area contributed by atoms with Gasteiger partial charge in [0.05, 0.1) is 0 Å². The van der Waals surface area contributed by atoms with Gasteiger partial charge in [0.2, 0.25) is 0 Å². The van der Waals surface area contributed by atoms with E-state index < -0.39 is 0 Å². The Morgan fingerprint density at radius 3 is 2.41 bits per heavy atom. The van der Waals surface area contributed by atoms with Gasteiger partial charge in [-0.1, -0.05) is 37.3 Å². The van der Waals surface area contributed by atoms with Gasteiger partial charge in [-0.25, -0.2) is 15.0 Å². The van der Waals surface area contributed by atoms with Gasteiger partial charge in [-0.2, -0.15) is 0 Å². The number of anilines is 4. The number of rotatable bonds is 3. The summed E-state index contributed by atoms with van der Waals surface area (Å²) in [5, 5.41) is 0. The molecule has 2 aliphatic rings. The van der Waals surface area contributed by atoms with Crippen molar-refractivity contribution in [3.63, 3.8) is 0 Å². The number of para-hydroxylation sites is 1. The van der Waals surface area contributed by atoms with E-state index in [1.54, 1.807) is 12.4 Å². The van der Waals surface area contributed by atoms with Crippen LogP contribution in [0.25, 0.3) is 0 Å². The number of hydrogen-bond acceptors (Lipinski definition) is 5. The smallest absolute Gasteiger partial charge is 0.179 e. The number of nitrogens with zero attached hydrogens (tertiary/aromatic N) is 5. The molecule has 0 aliphatic carbocycles. The molecular weight excluding hydrogens is 334 g/mol. The summed E-state index contributed by atoms with van der Waals surface area (Å²) in [6.07, 6.45) is 8.40. The van der Waals surface area contributed by atoms with Crippen LogP contribution in [0.4, 0.5) is 23.1 Å². The first-order chi connectivity index (χ1) is 13.3. The summed E-state index contributed by atoms with van der Waals surface area (Å²) in [6, 6.07) is 14.6. The predicted molar refractivity (Wildman–Crippen MR) is 107 cm³/mol. The molecule has 3 aromatic rings. The highest BCUT2D eigenvalue weighted by Crippen LogP contribution is 2.54. The Hall–Kier alpha value is -3.21. The van der Waals surface area contributed by atoms with Crippen LogP contribution >= 0.6 is 0 Å². The van der Waals surface area contributed by atoms with Crippen molar-refractivity contribution in [2.45, 2.75) is 25.4 Å². The van der Waals surface area contributed by atoms with E-state index in [2.05, 4.69) is 57.5 Å². The Bertz CT molecular complexity index is 987. The average Bonchev–Trinajstić information content (AvgIpc) is 3.07. The van der Waals surface area contributed by atoms with Crippen LogP contribution in [0.5, 0.6) is 0 Å². The highest BCUT2D eigenvalue weighted by Gasteiger charge is 2.49.